The lowest BCUT2D eigenvalue weighted by Gasteiger charge is -2.26. The summed E-state index contributed by atoms with van der Waals surface area (Å²) >= 11 is 0. The highest BCUT2D eigenvalue weighted by molar-refractivity contribution is 5.88. The van der Waals surface area contributed by atoms with Crippen LogP contribution in [0.15, 0.2) is 60.7 Å². The molecular weight excluding hydrogens is 384 g/mol. The minimum absolute atomic E-state index is 0.0473. The zero-order valence-electron chi connectivity index (χ0n) is 17.1. The molecule has 6 nitrogen and oxygen atoms in total. The van der Waals surface area contributed by atoms with Gasteiger partial charge in [-0.25, -0.2) is 0 Å². The molecule has 3 rings (SSSR count). The number of carbonyl (C=O) groups is 1. The van der Waals surface area contributed by atoms with Crippen LogP contribution in [0.4, 0.5) is 0 Å². The lowest BCUT2D eigenvalue weighted by atomic mass is 9.79. The van der Waals surface area contributed by atoms with E-state index in [0.717, 1.165) is 22.1 Å². The summed E-state index contributed by atoms with van der Waals surface area (Å²) in [5.41, 5.74) is -0.359. The number of fused-ring (bicyclic) bond motifs is 1. The van der Waals surface area contributed by atoms with Gasteiger partial charge in [-0.2, -0.15) is 0 Å². The Bertz CT molecular complexity index is 998. The predicted octanol–water partition coefficient (Wildman–Crippen LogP) is 4.03. The summed E-state index contributed by atoms with van der Waals surface area (Å²) in [5, 5.41) is 20.7. The predicted molar refractivity (Wildman–Crippen MR) is 115 cm³/mol. The first-order valence-electron chi connectivity index (χ1n) is 9.74. The molecule has 0 heterocycles. The van der Waals surface area contributed by atoms with Crippen molar-refractivity contribution in [3.63, 3.8) is 0 Å². The Morgan fingerprint density at radius 2 is 1.43 bits per heavy atom. The maximum absolute atomic E-state index is 12.1. The van der Waals surface area contributed by atoms with Crippen LogP contribution in [0.1, 0.15) is 18.9 Å². The van der Waals surface area contributed by atoms with Gasteiger partial charge >= 0.3 is 5.97 Å². The van der Waals surface area contributed by atoms with E-state index in [2.05, 4.69) is 0 Å². The van der Waals surface area contributed by atoms with Crippen LogP contribution in [0.25, 0.3) is 10.8 Å². The Balaban J connectivity index is 1.71. The molecule has 0 aromatic heterocycles. The molecule has 0 amide bonds. The van der Waals surface area contributed by atoms with Gasteiger partial charge in [0.2, 0.25) is 0 Å². The van der Waals surface area contributed by atoms with Gasteiger partial charge in [-0.05, 0) is 59.7 Å². The SMILES string of the molecule is COc1ccc2cc([C@](C)(CCOc3ccc(OCCO)cc3)C(=O)O)ccc2c1. The highest BCUT2D eigenvalue weighted by Crippen LogP contribution is 2.32. The van der Waals surface area contributed by atoms with Crippen molar-refractivity contribution in [2.75, 3.05) is 26.9 Å². The van der Waals surface area contributed by atoms with Gasteiger partial charge in [0.05, 0.1) is 25.7 Å². The Morgan fingerprint density at radius 3 is 2.03 bits per heavy atom. The molecule has 0 spiro atoms. The number of carboxylic acid groups (broad SMARTS) is 1. The van der Waals surface area contributed by atoms with Crippen LogP contribution in [0.3, 0.4) is 0 Å². The van der Waals surface area contributed by atoms with Crippen LogP contribution in [0.2, 0.25) is 0 Å². The first-order valence-corrected chi connectivity index (χ1v) is 9.74. The third-order valence-corrected chi connectivity index (χ3v) is 5.21. The van der Waals surface area contributed by atoms with Gasteiger partial charge in [-0.15, -0.1) is 0 Å². The topological polar surface area (TPSA) is 85.2 Å². The number of benzene rings is 3. The average molecular weight is 410 g/mol. The molecule has 0 unspecified atom stereocenters. The fourth-order valence-electron chi connectivity index (χ4n) is 3.24. The molecule has 3 aromatic rings. The first-order chi connectivity index (χ1) is 14.5. The molecule has 158 valence electrons. The number of aliphatic hydroxyl groups is 1. The average Bonchev–Trinajstić information content (AvgIpc) is 2.77. The van der Waals surface area contributed by atoms with Crippen LogP contribution < -0.4 is 14.2 Å². The van der Waals surface area contributed by atoms with Crippen molar-refractivity contribution in [2.45, 2.75) is 18.8 Å². The normalized spacial score (nSPS) is 12.9. The summed E-state index contributed by atoms with van der Waals surface area (Å²) in [6.45, 7) is 2.15. The van der Waals surface area contributed by atoms with E-state index < -0.39 is 11.4 Å². The van der Waals surface area contributed by atoms with Crippen molar-refractivity contribution in [3.8, 4) is 17.2 Å². The maximum atomic E-state index is 12.1. The van der Waals surface area contributed by atoms with Crippen molar-refractivity contribution in [3.05, 3.63) is 66.2 Å². The number of aliphatic hydroxyl groups excluding tert-OH is 1. The van der Waals surface area contributed by atoms with E-state index in [1.807, 2.05) is 36.4 Å². The molecule has 3 aromatic carbocycles. The van der Waals surface area contributed by atoms with Crippen molar-refractivity contribution >= 4 is 16.7 Å². The summed E-state index contributed by atoms with van der Waals surface area (Å²) < 4.78 is 16.3. The Kier molecular flexibility index (Phi) is 6.79. The maximum Gasteiger partial charge on any atom is 0.313 e. The summed E-state index contributed by atoms with van der Waals surface area (Å²) in [4.78, 5) is 12.1. The van der Waals surface area contributed by atoms with Crippen LogP contribution >= 0.6 is 0 Å². The van der Waals surface area contributed by atoms with Crippen molar-refractivity contribution in [2.24, 2.45) is 0 Å². The molecule has 1 atom stereocenters. The molecule has 0 aliphatic heterocycles. The van der Waals surface area contributed by atoms with E-state index in [4.69, 9.17) is 19.3 Å². The summed E-state index contributed by atoms with van der Waals surface area (Å²) in [7, 11) is 1.62. The molecule has 0 saturated carbocycles. The monoisotopic (exact) mass is 410 g/mol. The molecule has 30 heavy (non-hydrogen) atoms. The van der Waals surface area contributed by atoms with Crippen LogP contribution in [0.5, 0.6) is 17.2 Å². The highest BCUT2D eigenvalue weighted by Gasteiger charge is 2.35. The van der Waals surface area contributed by atoms with E-state index in [1.165, 1.54) is 0 Å². The smallest absolute Gasteiger partial charge is 0.313 e. The zero-order valence-corrected chi connectivity index (χ0v) is 17.1. The first kappa shape index (κ1) is 21.5. The third-order valence-electron chi connectivity index (χ3n) is 5.21. The summed E-state index contributed by atoms with van der Waals surface area (Å²) in [6.07, 6.45) is 0.312. The van der Waals surface area contributed by atoms with Gasteiger partial charge in [-0.1, -0.05) is 24.3 Å². The molecule has 0 saturated heterocycles. The molecule has 0 bridgehead atoms. The molecule has 0 aliphatic rings. The van der Waals surface area contributed by atoms with Crippen LogP contribution in [-0.2, 0) is 10.2 Å². The molecular formula is C24H26O6. The largest absolute Gasteiger partial charge is 0.497 e. The standard InChI is InChI=1S/C24H26O6/c1-24(23(26)27,11-13-29-20-7-9-21(10-8-20)30-14-12-25)19-5-3-18-16-22(28-2)6-4-17(18)15-19/h3-10,15-16,25H,11-14H2,1-2H3,(H,26,27)/t24-/m0/s1. The van der Waals surface area contributed by atoms with Crippen molar-refractivity contribution < 1.29 is 29.2 Å². The lowest BCUT2D eigenvalue weighted by molar-refractivity contribution is -0.143. The second-order valence-corrected chi connectivity index (χ2v) is 7.21. The van der Waals surface area contributed by atoms with E-state index in [9.17, 15) is 9.90 Å². The number of rotatable bonds is 10. The van der Waals surface area contributed by atoms with Gasteiger partial charge in [-0.3, -0.25) is 4.79 Å². The van der Waals surface area contributed by atoms with Gasteiger partial charge in [0, 0.05) is 6.42 Å². The quantitative estimate of drug-likeness (QED) is 0.525. The Labute approximate surface area is 175 Å². The molecule has 6 heteroatoms. The van der Waals surface area contributed by atoms with Gasteiger partial charge in [0.15, 0.2) is 0 Å². The minimum atomic E-state index is -1.09. The Hall–Kier alpha value is -3.25. The van der Waals surface area contributed by atoms with E-state index in [1.54, 1.807) is 38.3 Å². The van der Waals surface area contributed by atoms with Gasteiger partial charge < -0.3 is 24.4 Å². The molecule has 0 aliphatic carbocycles. The highest BCUT2D eigenvalue weighted by atomic mass is 16.5. The zero-order chi connectivity index (χ0) is 21.6. The molecule has 2 N–H and O–H groups in total. The number of ether oxygens (including phenoxy) is 3. The summed E-state index contributed by atoms with van der Waals surface area (Å²) in [6, 6.07) is 18.4. The van der Waals surface area contributed by atoms with E-state index >= 15 is 0 Å². The minimum Gasteiger partial charge on any atom is -0.497 e. The molecule has 0 fully saturated rings. The number of methoxy groups -OCH3 is 1. The number of hydrogen-bond acceptors (Lipinski definition) is 5. The van der Waals surface area contributed by atoms with E-state index in [0.29, 0.717) is 17.9 Å². The van der Waals surface area contributed by atoms with Crippen molar-refractivity contribution in [1.82, 2.24) is 0 Å². The lowest BCUT2D eigenvalue weighted by Crippen LogP contribution is -2.34. The van der Waals surface area contributed by atoms with Gasteiger partial charge in [0.1, 0.15) is 23.9 Å². The number of aliphatic carboxylic acids is 1. The number of hydrogen-bond donors (Lipinski definition) is 2. The van der Waals surface area contributed by atoms with E-state index in [-0.39, 0.29) is 19.8 Å². The van der Waals surface area contributed by atoms with Crippen LogP contribution in [-0.4, -0.2) is 43.1 Å². The molecule has 0 radical (unpaired) electrons. The second kappa shape index (κ2) is 9.50. The fraction of sp³-hybridized carbons (Fsp3) is 0.292. The third kappa shape index (κ3) is 4.83. The summed E-state index contributed by atoms with van der Waals surface area (Å²) in [5.74, 6) is 1.13. The van der Waals surface area contributed by atoms with Gasteiger partial charge in [0.25, 0.3) is 0 Å². The van der Waals surface area contributed by atoms with Crippen LogP contribution in [0, 0.1) is 0 Å². The van der Waals surface area contributed by atoms with Crippen molar-refractivity contribution in [1.29, 1.82) is 0 Å². The second-order valence-electron chi connectivity index (χ2n) is 7.21. The number of carboxylic acids is 1. The Morgan fingerprint density at radius 1 is 0.867 bits per heavy atom. The fourth-order valence-corrected chi connectivity index (χ4v) is 3.24.